The Hall–Kier alpha value is -3.55. The molecule has 0 spiro atoms. The number of hydrazone groups is 1. The molecule has 2 aliphatic rings. The maximum atomic E-state index is 13.1. The van der Waals surface area contributed by atoms with Crippen LogP contribution in [0, 0.1) is 0 Å². The van der Waals surface area contributed by atoms with Gasteiger partial charge in [-0.1, -0.05) is 60.7 Å². The van der Waals surface area contributed by atoms with Crippen LogP contribution in [0.2, 0.25) is 0 Å². The number of nitrogens with zero attached hydrogens (tertiary/aromatic N) is 2. The van der Waals surface area contributed by atoms with E-state index in [1.165, 1.54) is 5.01 Å². The fourth-order valence-corrected chi connectivity index (χ4v) is 4.74. The molecule has 3 aromatic rings. The minimum Gasteiger partial charge on any atom is -0.389 e. The lowest BCUT2D eigenvalue weighted by Crippen LogP contribution is -2.53. The summed E-state index contributed by atoms with van der Waals surface area (Å²) in [5, 5.41) is 25.3. The third-order valence-corrected chi connectivity index (χ3v) is 6.55. The average Bonchev–Trinajstić information content (AvgIpc) is 3.54. The molecule has 3 aromatic carbocycles. The molecule has 34 heavy (non-hydrogen) atoms. The Labute approximate surface area is 198 Å². The molecule has 5 rings (SSSR count). The number of fused-ring (bicyclic) bond motifs is 1. The van der Waals surface area contributed by atoms with Gasteiger partial charge in [-0.05, 0) is 54.3 Å². The second-order valence-electron chi connectivity index (χ2n) is 8.92. The summed E-state index contributed by atoms with van der Waals surface area (Å²) in [6.07, 6.45) is 1.49. The number of carbonyl (C=O) groups excluding carboxylic acids is 2. The van der Waals surface area contributed by atoms with E-state index in [9.17, 15) is 14.7 Å². The molecule has 1 fully saturated rings. The fourth-order valence-electron chi connectivity index (χ4n) is 4.74. The van der Waals surface area contributed by atoms with Crippen molar-refractivity contribution in [1.29, 1.82) is 0 Å². The van der Waals surface area contributed by atoms with Crippen molar-refractivity contribution in [2.75, 3.05) is 11.6 Å². The number of aliphatic hydroxyl groups is 1. The number of hydrogen-bond acceptors (Lipinski definition) is 5. The van der Waals surface area contributed by atoms with Crippen molar-refractivity contribution in [2.24, 2.45) is 5.10 Å². The van der Waals surface area contributed by atoms with Crippen molar-refractivity contribution < 1.29 is 14.7 Å². The molecule has 0 aliphatic carbocycles. The number of rotatable bonds is 7. The summed E-state index contributed by atoms with van der Waals surface area (Å²) in [6.45, 7) is 0.853. The first-order valence-corrected chi connectivity index (χ1v) is 11.7. The van der Waals surface area contributed by atoms with Gasteiger partial charge in [0.25, 0.3) is 11.8 Å². The summed E-state index contributed by atoms with van der Waals surface area (Å²) >= 11 is 0. The van der Waals surface area contributed by atoms with Gasteiger partial charge in [-0.2, -0.15) is 10.1 Å². The van der Waals surface area contributed by atoms with Crippen LogP contribution >= 0.6 is 0 Å². The van der Waals surface area contributed by atoms with E-state index >= 15 is 0 Å². The molecule has 174 valence electrons. The van der Waals surface area contributed by atoms with Crippen LogP contribution < -0.4 is 15.6 Å². The molecule has 2 heterocycles. The molecule has 3 N–H and O–H groups in total. The second-order valence-corrected chi connectivity index (χ2v) is 8.92. The van der Waals surface area contributed by atoms with Gasteiger partial charge in [0.2, 0.25) is 0 Å². The van der Waals surface area contributed by atoms with Gasteiger partial charge in [-0.3, -0.25) is 9.59 Å². The van der Waals surface area contributed by atoms with E-state index in [0.717, 1.165) is 35.7 Å². The van der Waals surface area contributed by atoms with Crippen LogP contribution in [0.3, 0.4) is 0 Å². The summed E-state index contributed by atoms with van der Waals surface area (Å²) in [7, 11) is 0. The van der Waals surface area contributed by atoms with Crippen molar-refractivity contribution in [3.63, 3.8) is 0 Å². The highest BCUT2D eigenvalue weighted by Gasteiger charge is 2.34. The summed E-state index contributed by atoms with van der Waals surface area (Å²) < 4.78 is 0. The standard InChI is InChI=1S/C27H28N4O3/c32-25-17-24(30-31(25)21-9-2-1-3-10-21)27(34)29-23(26(33)22-11-6-14-28-22)16-18-12-13-19-7-4-5-8-20(19)15-18/h1-5,7-10,12-13,15,22-23,26,28,33H,6,11,14,16-17H2,(H,29,34)/t22-,23+,26-/m1/s1. The number of hydrogen-bond donors (Lipinski definition) is 3. The van der Waals surface area contributed by atoms with Crippen LogP contribution in [-0.2, 0) is 16.0 Å². The first-order chi connectivity index (χ1) is 16.6. The molecule has 0 radical (unpaired) electrons. The van der Waals surface area contributed by atoms with Crippen LogP contribution in [0.5, 0.6) is 0 Å². The molecule has 0 unspecified atom stereocenters. The van der Waals surface area contributed by atoms with Gasteiger partial charge in [0.1, 0.15) is 5.71 Å². The molecule has 2 amide bonds. The smallest absolute Gasteiger partial charge is 0.268 e. The van der Waals surface area contributed by atoms with Crippen LogP contribution in [0.4, 0.5) is 5.69 Å². The van der Waals surface area contributed by atoms with E-state index in [1.807, 2.05) is 36.4 Å². The Morgan fingerprint density at radius 3 is 2.62 bits per heavy atom. The van der Waals surface area contributed by atoms with E-state index in [4.69, 9.17) is 0 Å². The van der Waals surface area contributed by atoms with E-state index in [-0.39, 0.29) is 24.1 Å². The van der Waals surface area contributed by atoms with Crippen molar-refractivity contribution in [3.8, 4) is 0 Å². The maximum absolute atomic E-state index is 13.1. The molecule has 0 bridgehead atoms. The van der Waals surface area contributed by atoms with Crippen molar-refractivity contribution >= 4 is 34.0 Å². The summed E-state index contributed by atoms with van der Waals surface area (Å²) in [6, 6.07) is 22.7. The molecule has 3 atom stereocenters. The molecule has 0 aromatic heterocycles. The molecule has 2 aliphatic heterocycles. The van der Waals surface area contributed by atoms with Crippen molar-refractivity contribution in [2.45, 2.75) is 43.9 Å². The molecule has 1 saturated heterocycles. The van der Waals surface area contributed by atoms with Crippen LogP contribution in [0.1, 0.15) is 24.8 Å². The third-order valence-electron chi connectivity index (χ3n) is 6.55. The summed E-state index contributed by atoms with van der Waals surface area (Å²) in [5.41, 5.74) is 1.80. The van der Waals surface area contributed by atoms with Crippen molar-refractivity contribution in [1.82, 2.24) is 10.6 Å². The number of para-hydroxylation sites is 1. The predicted octanol–water partition coefficient (Wildman–Crippen LogP) is 2.77. The first-order valence-electron chi connectivity index (χ1n) is 11.7. The maximum Gasteiger partial charge on any atom is 0.268 e. The lowest BCUT2D eigenvalue weighted by Gasteiger charge is -2.28. The average molecular weight is 457 g/mol. The monoisotopic (exact) mass is 456 g/mol. The Bertz CT molecular complexity index is 1220. The Kier molecular flexibility index (Phi) is 6.38. The fraction of sp³-hybridized carbons (Fsp3) is 0.296. The van der Waals surface area contributed by atoms with Gasteiger partial charge >= 0.3 is 0 Å². The Balaban J connectivity index is 1.36. The highest BCUT2D eigenvalue weighted by molar-refractivity contribution is 6.44. The minimum absolute atomic E-state index is 0.0683. The van der Waals surface area contributed by atoms with Gasteiger partial charge in [0.05, 0.1) is 24.3 Å². The highest BCUT2D eigenvalue weighted by Crippen LogP contribution is 2.22. The lowest BCUT2D eigenvalue weighted by molar-refractivity contribution is -0.119. The number of carbonyl (C=O) groups is 2. The molecular weight excluding hydrogens is 428 g/mol. The van der Waals surface area contributed by atoms with Gasteiger partial charge < -0.3 is 15.7 Å². The van der Waals surface area contributed by atoms with Crippen molar-refractivity contribution in [3.05, 3.63) is 78.4 Å². The van der Waals surface area contributed by atoms with Gasteiger partial charge in [-0.25, -0.2) is 0 Å². The molecular formula is C27H28N4O3. The SMILES string of the molecule is O=C(N[C@@H](Cc1ccc2ccccc2c1)[C@H](O)[C@H]1CCCN1)C1=NN(c2ccccc2)C(=O)C1. The zero-order valence-corrected chi connectivity index (χ0v) is 18.9. The molecule has 0 saturated carbocycles. The van der Waals surface area contributed by atoms with E-state index in [1.54, 1.807) is 12.1 Å². The summed E-state index contributed by atoms with van der Waals surface area (Å²) in [5.74, 6) is -0.671. The van der Waals surface area contributed by atoms with Crippen LogP contribution in [0.25, 0.3) is 10.8 Å². The zero-order valence-electron chi connectivity index (χ0n) is 18.9. The topological polar surface area (TPSA) is 94.0 Å². The van der Waals surface area contributed by atoms with Gasteiger partial charge in [0.15, 0.2) is 0 Å². The number of amides is 2. The van der Waals surface area contributed by atoms with Crippen LogP contribution in [-0.4, -0.2) is 47.4 Å². The Morgan fingerprint density at radius 1 is 1.09 bits per heavy atom. The number of aliphatic hydroxyl groups excluding tert-OH is 1. The van der Waals surface area contributed by atoms with E-state index < -0.39 is 18.1 Å². The number of benzene rings is 3. The summed E-state index contributed by atoms with van der Waals surface area (Å²) in [4.78, 5) is 25.7. The second kappa shape index (κ2) is 9.75. The normalized spacial score (nSPS) is 19.8. The van der Waals surface area contributed by atoms with Gasteiger partial charge in [0, 0.05) is 6.04 Å². The van der Waals surface area contributed by atoms with Gasteiger partial charge in [-0.15, -0.1) is 0 Å². The van der Waals surface area contributed by atoms with E-state index in [2.05, 4.69) is 40.0 Å². The quantitative estimate of drug-likeness (QED) is 0.510. The largest absolute Gasteiger partial charge is 0.389 e. The van der Waals surface area contributed by atoms with E-state index in [0.29, 0.717) is 12.1 Å². The molecule has 7 heteroatoms. The lowest BCUT2D eigenvalue weighted by atomic mass is 9.94. The number of anilines is 1. The third kappa shape index (κ3) is 4.71. The minimum atomic E-state index is -0.763. The molecule has 7 nitrogen and oxygen atoms in total. The highest BCUT2D eigenvalue weighted by atomic mass is 16.3. The zero-order chi connectivity index (χ0) is 23.5. The predicted molar refractivity (Wildman–Crippen MR) is 133 cm³/mol. The number of nitrogens with one attached hydrogen (secondary N) is 2. The Morgan fingerprint density at radius 2 is 1.85 bits per heavy atom. The first kappa shape index (κ1) is 22.3. The van der Waals surface area contributed by atoms with Crippen LogP contribution in [0.15, 0.2) is 77.9 Å².